The molecule has 0 aromatic heterocycles. The van der Waals surface area contributed by atoms with Gasteiger partial charge in [0.25, 0.3) is 0 Å². The van der Waals surface area contributed by atoms with Crippen molar-refractivity contribution in [2.75, 3.05) is 0 Å². The summed E-state index contributed by atoms with van der Waals surface area (Å²) in [4.78, 5) is 22.5. The Hall–Kier alpha value is -1.57. The third kappa shape index (κ3) is 4.85. The highest BCUT2D eigenvalue weighted by Gasteiger charge is 2.23. The summed E-state index contributed by atoms with van der Waals surface area (Å²) in [6, 6.07) is 0.958. The number of hydrogen-bond donors (Lipinski definition) is 2. The fourth-order valence-corrected chi connectivity index (χ4v) is 2.20. The monoisotopic (exact) mass is 238 g/mol. The summed E-state index contributed by atoms with van der Waals surface area (Å²) >= 11 is 0. The summed E-state index contributed by atoms with van der Waals surface area (Å²) in [6.07, 6.45) is 5.16. The second-order valence-corrected chi connectivity index (χ2v) is 4.51. The lowest BCUT2D eigenvalue weighted by Gasteiger charge is -2.14. The van der Waals surface area contributed by atoms with Crippen molar-refractivity contribution in [2.24, 2.45) is 5.92 Å². The van der Waals surface area contributed by atoms with E-state index < -0.39 is 12.0 Å². The Morgan fingerprint density at radius 3 is 2.59 bits per heavy atom. The van der Waals surface area contributed by atoms with Gasteiger partial charge >= 0.3 is 5.97 Å². The number of carbonyl (C=O) groups excluding carboxylic acids is 1. The Morgan fingerprint density at radius 1 is 1.41 bits per heavy atom. The number of nitriles is 1. The molecule has 1 amide bonds. The van der Waals surface area contributed by atoms with E-state index in [4.69, 9.17) is 10.4 Å². The Kier molecular flexibility index (Phi) is 5.47. The Bertz CT molecular complexity index is 316. The van der Waals surface area contributed by atoms with Crippen LogP contribution in [-0.4, -0.2) is 23.0 Å². The van der Waals surface area contributed by atoms with Crippen molar-refractivity contribution in [3.8, 4) is 6.07 Å². The van der Waals surface area contributed by atoms with E-state index in [1.165, 1.54) is 0 Å². The van der Waals surface area contributed by atoms with Crippen molar-refractivity contribution in [1.29, 1.82) is 5.26 Å². The second kappa shape index (κ2) is 6.89. The molecule has 0 aromatic rings. The molecule has 1 aliphatic rings. The number of rotatable bonds is 6. The molecule has 94 valence electrons. The highest BCUT2D eigenvalue weighted by atomic mass is 16.4. The van der Waals surface area contributed by atoms with Crippen LogP contribution in [0.4, 0.5) is 0 Å². The summed E-state index contributed by atoms with van der Waals surface area (Å²) in [5.41, 5.74) is 0. The van der Waals surface area contributed by atoms with Gasteiger partial charge in [-0.25, -0.2) is 4.79 Å². The lowest BCUT2D eigenvalue weighted by atomic mass is 10.0. The molecule has 0 unspecified atom stereocenters. The molecule has 0 saturated heterocycles. The minimum absolute atomic E-state index is 0.140. The average Bonchev–Trinajstić information content (AvgIpc) is 2.76. The van der Waals surface area contributed by atoms with E-state index >= 15 is 0 Å². The van der Waals surface area contributed by atoms with Gasteiger partial charge in [-0.1, -0.05) is 12.8 Å². The lowest BCUT2D eigenvalue weighted by Crippen LogP contribution is -2.41. The van der Waals surface area contributed by atoms with E-state index in [0.29, 0.717) is 12.3 Å². The maximum absolute atomic E-state index is 11.6. The van der Waals surface area contributed by atoms with Crippen molar-refractivity contribution in [1.82, 2.24) is 5.32 Å². The van der Waals surface area contributed by atoms with Crippen LogP contribution in [0.25, 0.3) is 0 Å². The maximum atomic E-state index is 11.6. The van der Waals surface area contributed by atoms with E-state index in [2.05, 4.69) is 5.32 Å². The molecule has 1 saturated carbocycles. The fourth-order valence-electron chi connectivity index (χ4n) is 2.20. The van der Waals surface area contributed by atoms with Crippen LogP contribution in [-0.2, 0) is 9.59 Å². The average molecular weight is 238 g/mol. The molecule has 0 aromatic carbocycles. The molecule has 5 heteroatoms. The summed E-state index contributed by atoms with van der Waals surface area (Å²) in [5, 5.41) is 19.8. The number of nitrogens with zero attached hydrogens (tertiary/aromatic N) is 1. The minimum Gasteiger partial charge on any atom is -0.480 e. The zero-order chi connectivity index (χ0) is 12.7. The molecule has 1 rings (SSSR count). The van der Waals surface area contributed by atoms with Crippen LogP contribution in [0.1, 0.15) is 44.9 Å². The predicted octanol–water partition coefficient (Wildman–Crippen LogP) is 1.44. The van der Waals surface area contributed by atoms with Crippen LogP contribution in [0.15, 0.2) is 0 Å². The number of carbonyl (C=O) groups is 2. The third-order valence-electron chi connectivity index (χ3n) is 3.13. The summed E-state index contributed by atoms with van der Waals surface area (Å²) < 4.78 is 0. The second-order valence-electron chi connectivity index (χ2n) is 4.51. The number of aliphatic carboxylic acids is 1. The number of carboxylic acid groups (broad SMARTS) is 1. The molecule has 2 N–H and O–H groups in total. The van der Waals surface area contributed by atoms with Gasteiger partial charge in [0.1, 0.15) is 6.04 Å². The summed E-state index contributed by atoms with van der Waals surface area (Å²) in [6.45, 7) is 0. The molecule has 1 aliphatic carbocycles. The first-order valence-electron chi connectivity index (χ1n) is 6.02. The van der Waals surface area contributed by atoms with Gasteiger partial charge in [-0.15, -0.1) is 0 Å². The van der Waals surface area contributed by atoms with Gasteiger partial charge in [-0.3, -0.25) is 4.79 Å². The zero-order valence-electron chi connectivity index (χ0n) is 9.82. The van der Waals surface area contributed by atoms with Crippen LogP contribution in [0, 0.1) is 17.2 Å². The van der Waals surface area contributed by atoms with Crippen LogP contribution >= 0.6 is 0 Å². The molecule has 5 nitrogen and oxygen atoms in total. The van der Waals surface area contributed by atoms with Crippen molar-refractivity contribution in [3.05, 3.63) is 0 Å². The minimum atomic E-state index is -1.07. The van der Waals surface area contributed by atoms with Gasteiger partial charge in [-0.2, -0.15) is 5.26 Å². The summed E-state index contributed by atoms with van der Waals surface area (Å²) in [7, 11) is 0. The van der Waals surface area contributed by atoms with Crippen LogP contribution in [0.2, 0.25) is 0 Å². The van der Waals surface area contributed by atoms with Gasteiger partial charge in [0.15, 0.2) is 0 Å². The Morgan fingerprint density at radius 2 is 2.06 bits per heavy atom. The molecule has 0 heterocycles. The first-order chi connectivity index (χ1) is 8.13. The standard InChI is InChI=1S/C12H18N2O3/c13-7-3-6-10(12(16)17)14-11(15)8-9-4-1-2-5-9/h9-10H,1-6,8H2,(H,14,15)(H,16,17)/t10-/m0/s1. The highest BCUT2D eigenvalue weighted by Crippen LogP contribution is 2.27. The van der Waals surface area contributed by atoms with E-state index in [1.807, 2.05) is 6.07 Å². The molecule has 17 heavy (non-hydrogen) atoms. The zero-order valence-corrected chi connectivity index (χ0v) is 9.82. The molecule has 0 radical (unpaired) electrons. The van der Waals surface area contributed by atoms with Gasteiger partial charge in [0, 0.05) is 12.8 Å². The molecule has 0 bridgehead atoms. The largest absolute Gasteiger partial charge is 0.480 e. The topological polar surface area (TPSA) is 90.2 Å². The number of carboxylic acids is 1. The first-order valence-corrected chi connectivity index (χ1v) is 6.02. The van der Waals surface area contributed by atoms with Gasteiger partial charge in [-0.05, 0) is 25.2 Å². The smallest absolute Gasteiger partial charge is 0.326 e. The predicted molar refractivity (Wildman–Crippen MR) is 61.0 cm³/mol. The molecule has 0 aliphatic heterocycles. The lowest BCUT2D eigenvalue weighted by molar-refractivity contribution is -0.142. The fraction of sp³-hybridized carbons (Fsp3) is 0.750. The van der Waals surface area contributed by atoms with E-state index in [-0.39, 0.29) is 18.7 Å². The third-order valence-corrected chi connectivity index (χ3v) is 3.13. The van der Waals surface area contributed by atoms with Gasteiger partial charge < -0.3 is 10.4 Å². The van der Waals surface area contributed by atoms with E-state index in [0.717, 1.165) is 25.7 Å². The molecule has 1 atom stereocenters. The number of amides is 1. The first kappa shape index (κ1) is 13.5. The van der Waals surface area contributed by atoms with Crippen molar-refractivity contribution < 1.29 is 14.7 Å². The maximum Gasteiger partial charge on any atom is 0.326 e. The van der Waals surface area contributed by atoms with Crippen LogP contribution in [0.5, 0.6) is 0 Å². The Labute approximate surface area is 101 Å². The van der Waals surface area contributed by atoms with E-state index in [9.17, 15) is 9.59 Å². The normalized spacial score (nSPS) is 17.4. The van der Waals surface area contributed by atoms with Crippen molar-refractivity contribution in [2.45, 2.75) is 51.0 Å². The summed E-state index contributed by atoms with van der Waals surface area (Å²) in [5.74, 6) is -0.873. The van der Waals surface area contributed by atoms with Crippen LogP contribution in [0.3, 0.4) is 0 Å². The molecule has 0 spiro atoms. The molecular formula is C12H18N2O3. The van der Waals surface area contributed by atoms with Crippen molar-refractivity contribution >= 4 is 11.9 Å². The molecular weight excluding hydrogens is 220 g/mol. The van der Waals surface area contributed by atoms with Crippen molar-refractivity contribution in [3.63, 3.8) is 0 Å². The number of nitrogens with one attached hydrogen (secondary N) is 1. The highest BCUT2D eigenvalue weighted by molar-refractivity contribution is 5.83. The quantitative estimate of drug-likeness (QED) is 0.732. The molecule has 1 fully saturated rings. The van der Waals surface area contributed by atoms with Gasteiger partial charge in [0.05, 0.1) is 6.07 Å². The SMILES string of the molecule is N#CCC[C@H](NC(=O)CC1CCCC1)C(=O)O. The van der Waals surface area contributed by atoms with E-state index in [1.54, 1.807) is 0 Å². The van der Waals surface area contributed by atoms with Gasteiger partial charge in [0.2, 0.25) is 5.91 Å². The number of hydrogen-bond acceptors (Lipinski definition) is 3. The Balaban J connectivity index is 2.35. The van der Waals surface area contributed by atoms with Crippen LogP contribution < -0.4 is 5.32 Å².